The van der Waals surface area contributed by atoms with Crippen LogP contribution in [0.4, 0.5) is 13.2 Å². The molecule has 0 aromatic heterocycles. The number of alkyl halides is 3. The van der Waals surface area contributed by atoms with Crippen LogP contribution in [0.3, 0.4) is 0 Å². The van der Waals surface area contributed by atoms with E-state index in [1.165, 1.54) is 6.07 Å². The van der Waals surface area contributed by atoms with Crippen LogP contribution in [0.2, 0.25) is 5.02 Å². The lowest BCUT2D eigenvalue weighted by atomic mass is 10.0. The summed E-state index contributed by atoms with van der Waals surface area (Å²) in [7, 11) is 0. The molecular formula is C10H5ClF3NO. The number of hydrogen-bond acceptors (Lipinski definition) is 2. The van der Waals surface area contributed by atoms with Crippen LogP contribution in [0.25, 0.3) is 0 Å². The van der Waals surface area contributed by atoms with Crippen molar-refractivity contribution >= 4 is 17.4 Å². The van der Waals surface area contributed by atoms with Gasteiger partial charge in [-0.25, -0.2) is 0 Å². The summed E-state index contributed by atoms with van der Waals surface area (Å²) in [5.41, 5.74) is -1.67. The Balaban J connectivity index is 3.55. The summed E-state index contributed by atoms with van der Waals surface area (Å²) in [6.07, 6.45) is -4.64. The fraction of sp³-hybridized carbons (Fsp3) is 0.200. The molecule has 6 heteroatoms. The summed E-state index contributed by atoms with van der Waals surface area (Å²) in [4.78, 5) is 11.0. The Labute approximate surface area is 94.2 Å². The molecule has 0 radical (unpaired) electrons. The largest absolute Gasteiger partial charge is 0.417 e. The van der Waals surface area contributed by atoms with Gasteiger partial charge in [-0.05, 0) is 19.1 Å². The summed E-state index contributed by atoms with van der Waals surface area (Å²) in [6, 6.07) is 3.15. The maximum absolute atomic E-state index is 12.4. The molecule has 0 aliphatic carbocycles. The predicted molar refractivity (Wildman–Crippen MR) is 51.2 cm³/mol. The quantitative estimate of drug-likeness (QED) is 0.714. The van der Waals surface area contributed by atoms with E-state index in [1.54, 1.807) is 0 Å². The number of benzene rings is 1. The van der Waals surface area contributed by atoms with E-state index in [9.17, 15) is 18.0 Å². The first-order valence-corrected chi connectivity index (χ1v) is 4.47. The van der Waals surface area contributed by atoms with Crippen molar-refractivity contribution in [3.05, 3.63) is 33.8 Å². The molecule has 1 aromatic carbocycles. The topological polar surface area (TPSA) is 40.9 Å². The molecule has 84 valence electrons. The Bertz CT molecular complexity index is 488. The molecule has 0 saturated heterocycles. The Morgan fingerprint density at radius 1 is 1.44 bits per heavy atom. The number of nitriles is 1. The normalized spacial score (nSPS) is 11.0. The summed E-state index contributed by atoms with van der Waals surface area (Å²) in [6.45, 7) is 1.15. The van der Waals surface area contributed by atoms with Gasteiger partial charge in [-0.2, -0.15) is 18.4 Å². The zero-order valence-corrected chi connectivity index (χ0v) is 8.78. The van der Waals surface area contributed by atoms with Crippen molar-refractivity contribution in [2.75, 3.05) is 0 Å². The van der Waals surface area contributed by atoms with Crippen molar-refractivity contribution in [2.45, 2.75) is 13.1 Å². The van der Waals surface area contributed by atoms with E-state index in [4.69, 9.17) is 16.9 Å². The number of ketones is 1. The third-order valence-corrected chi connectivity index (χ3v) is 2.33. The lowest BCUT2D eigenvalue weighted by Gasteiger charge is -2.11. The monoisotopic (exact) mass is 247 g/mol. The molecule has 0 spiro atoms. The Kier molecular flexibility index (Phi) is 3.24. The minimum absolute atomic E-state index is 0.111. The first-order chi connectivity index (χ1) is 7.29. The average molecular weight is 248 g/mol. The van der Waals surface area contributed by atoms with Crippen LogP contribution >= 0.6 is 11.6 Å². The minimum Gasteiger partial charge on any atom is -0.294 e. The van der Waals surface area contributed by atoms with E-state index in [1.807, 2.05) is 0 Å². The van der Waals surface area contributed by atoms with Gasteiger partial charge >= 0.3 is 6.18 Å². The minimum atomic E-state index is -4.64. The molecule has 16 heavy (non-hydrogen) atoms. The van der Waals surface area contributed by atoms with Crippen molar-refractivity contribution in [1.29, 1.82) is 5.26 Å². The second kappa shape index (κ2) is 4.14. The molecule has 1 rings (SSSR count). The van der Waals surface area contributed by atoms with Gasteiger partial charge in [0.2, 0.25) is 0 Å². The lowest BCUT2D eigenvalue weighted by Crippen LogP contribution is -2.09. The van der Waals surface area contributed by atoms with Crippen molar-refractivity contribution in [3.8, 4) is 6.07 Å². The van der Waals surface area contributed by atoms with E-state index in [2.05, 4.69) is 0 Å². The van der Waals surface area contributed by atoms with Gasteiger partial charge < -0.3 is 0 Å². The second-order valence-electron chi connectivity index (χ2n) is 3.02. The molecule has 0 aliphatic heterocycles. The molecule has 0 atom stereocenters. The molecule has 0 saturated carbocycles. The first-order valence-electron chi connectivity index (χ1n) is 4.09. The van der Waals surface area contributed by atoms with Crippen molar-refractivity contribution in [2.24, 2.45) is 0 Å². The maximum atomic E-state index is 12.4. The molecule has 0 N–H and O–H groups in total. The van der Waals surface area contributed by atoms with Crippen molar-refractivity contribution < 1.29 is 18.0 Å². The average Bonchev–Trinajstić information content (AvgIpc) is 2.14. The molecule has 0 unspecified atom stereocenters. The van der Waals surface area contributed by atoms with Crippen LogP contribution in [-0.4, -0.2) is 5.78 Å². The zero-order chi connectivity index (χ0) is 12.5. The van der Waals surface area contributed by atoms with Crippen molar-refractivity contribution in [1.82, 2.24) is 0 Å². The molecule has 1 aromatic rings. The number of nitrogens with zero attached hydrogens (tertiary/aromatic N) is 1. The first kappa shape index (κ1) is 12.5. The van der Waals surface area contributed by atoms with Gasteiger partial charge in [0.15, 0.2) is 5.78 Å². The number of carbonyl (C=O) groups excluding carboxylic acids is 1. The summed E-state index contributed by atoms with van der Waals surface area (Å²) in [5.74, 6) is -0.507. The number of hydrogen-bond donors (Lipinski definition) is 0. The van der Waals surface area contributed by atoms with Crippen LogP contribution in [0.1, 0.15) is 28.4 Å². The highest BCUT2D eigenvalue weighted by atomic mass is 35.5. The standard InChI is InChI=1S/C10H5ClF3NO/c1-5(16)6-2-3-8(10(12,13)14)9(11)7(6)4-15/h2-3H,1H3. The van der Waals surface area contributed by atoms with E-state index < -0.39 is 28.1 Å². The third-order valence-electron chi connectivity index (χ3n) is 1.94. The van der Waals surface area contributed by atoms with Crippen LogP contribution in [0.5, 0.6) is 0 Å². The molecule has 0 amide bonds. The fourth-order valence-corrected chi connectivity index (χ4v) is 1.51. The van der Waals surface area contributed by atoms with Gasteiger partial charge in [0.25, 0.3) is 0 Å². The second-order valence-corrected chi connectivity index (χ2v) is 3.39. The number of halogens is 4. The number of carbonyl (C=O) groups is 1. The van der Waals surface area contributed by atoms with Gasteiger partial charge in [0.1, 0.15) is 6.07 Å². The fourth-order valence-electron chi connectivity index (χ4n) is 1.20. The smallest absolute Gasteiger partial charge is 0.294 e. The van der Waals surface area contributed by atoms with Crippen molar-refractivity contribution in [3.63, 3.8) is 0 Å². The molecule has 0 bridgehead atoms. The van der Waals surface area contributed by atoms with E-state index in [-0.39, 0.29) is 5.56 Å². The van der Waals surface area contributed by atoms with E-state index in [0.717, 1.165) is 13.0 Å². The summed E-state index contributed by atoms with van der Waals surface area (Å²) in [5, 5.41) is 7.95. The lowest BCUT2D eigenvalue weighted by molar-refractivity contribution is -0.137. The van der Waals surface area contributed by atoms with Gasteiger partial charge in [-0.3, -0.25) is 4.79 Å². The van der Waals surface area contributed by atoms with Crippen LogP contribution in [0, 0.1) is 11.3 Å². The van der Waals surface area contributed by atoms with Crippen LogP contribution in [0.15, 0.2) is 12.1 Å². The molecular weight excluding hydrogens is 243 g/mol. The summed E-state index contributed by atoms with van der Waals surface area (Å²) < 4.78 is 37.3. The van der Waals surface area contributed by atoms with Gasteiger partial charge in [-0.1, -0.05) is 11.6 Å². The Morgan fingerprint density at radius 2 is 2.00 bits per heavy atom. The third kappa shape index (κ3) is 2.17. The number of rotatable bonds is 1. The van der Waals surface area contributed by atoms with Crippen LogP contribution < -0.4 is 0 Å². The van der Waals surface area contributed by atoms with Crippen LogP contribution in [-0.2, 0) is 6.18 Å². The van der Waals surface area contributed by atoms with E-state index in [0.29, 0.717) is 6.07 Å². The van der Waals surface area contributed by atoms with Gasteiger partial charge in [-0.15, -0.1) is 0 Å². The highest BCUT2D eigenvalue weighted by Crippen LogP contribution is 2.37. The highest BCUT2D eigenvalue weighted by molar-refractivity contribution is 6.33. The van der Waals surface area contributed by atoms with Gasteiger partial charge in [0, 0.05) is 5.56 Å². The molecule has 2 nitrogen and oxygen atoms in total. The highest BCUT2D eigenvalue weighted by Gasteiger charge is 2.35. The Morgan fingerprint density at radius 3 is 2.38 bits per heavy atom. The maximum Gasteiger partial charge on any atom is 0.417 e. The molecule has 0 fully saturated rings. The summed E-state index contributed by atoms with van der Waals surface area (Å²) >= 11 is 5.45. The zero-order valence-electron chi connectivity index (χ0n) is 8.02. The van der Waals surface area contributed by atoms with Gasteiger partial charge in [0.05, 0.1) is 16.1 Å². The Hall–Kier alpha value is -1.54. The number of Topliss-reactive ketones (excluding diaryl/α,β-unsaturated/α-hetero) is 1. The molecule has 0 heterocycles. The predicted octanol–water partition coefficient (Wildman–Crippen LogP) is 3.43. The molecule has 0 aliphatic rings. The SMILES string of the molecule is CC(=O)c1ccc(C(F)(F)F)c(Cl)c1C#N. The van der Waals surface area contributed by atoms with E-state index >= 15 is 0 Å².